The van der Waals surface area contributed by atoms with E-state index < -0.39 is 0 Å². The van der Waals surface area contributed by atoms with Crippen LogP contribution in [0.2, 0.25) is 0 Å². The number of pyridine rings is 1. The van der Waals surface area contributed by atoms with Gasteiger partial charge in [0.05, 0.1) is 0 Å². The molecule has 0 saturated carbocycles. The number of hydrogen-bond acceptors (Lipinski definition) is 1. The number of carbonyl (C=O) groups is 1. The molecule has 3 nitrogen and oxygen atoms in total. The van der Waals surface area contributed by atoms with Crippen molar-refractivity contribution in [2.75, 3.05) is 7.05 Å². The van der Waals surface area contributed by atoms with Gasteiger partial charge in [0.15, 0.2) is 0 Å². The molecule has 1 amide bonds. The first kappa shape index (κ1) is 7.86. The normalized spacial score (nSPS) is 10.2. The van der Waals surface area contributed by atoms with Gasteiger partial charge in [0.1, 0.15) is 0 Å². The van der Waals surface area contributed by atoms with Crippen molar-refractivity contribution < 1.29 is 4.79 Å². The molecule has 2 aromatic heterocycles. The maximum atomic E-state index is 11.3. The minimum absolute atomic E-state index is 0.0521. The van der Waals surface area contributed by atoms with Crippen LogP contribution in [0.3, 0.4) is 0 Å². The highest BCUT2D eigenvalue weighted by Gasteiger charge is 2.02. The third-order valence-corrected chi connectivity index (χ3v) is 2.02. The summed E-state index contributed by atoms with van der Waals surface area (Å²) in [4.78, 5) is 11.3. The average molecular weight is 174 g/mol. The highest BCUT2D eigenvalue weighted by Crippen LogP contribution is 2.07. The van der Waals surface area contributed by atoms with E-state index in [1.807, 2.05) is 35.0 Å². The standard InChI is InChI=1S/C10H10N2O/c1-11-10(13)8-4-6-12-5-2-3-9(12)7-8/h2-7H,1H3,(H,11,13). The summed E-state index contributed by atoms with van der Waals surface area (Å²) < 4.78 is 1.96. The van der Waals surface area contributed by atoms with E-state index in [-0.39, 0.29) is 5.91 Å². The first-order chi connectivity index (χ1) is 6.31. The lowest BCUT2D eigenvalue weighted by molar-refractivity contribution is 0.0963. The van der Waals surface area contributed by atoms with Crippen molar-refractivity contribution in [3.8, 4) is 0 Å². The SMILES string of the molecule is CNC(=O)c1ccn2cccc2c1. The van der Waals surface area contributed by atoms with Crippen molar-refractivity contribution in [1.29, 1.82) is 0 Å². The number of aromatic nitrogens is 1. The molecule has 0 bridgehead atoms. The van der Waals surface area contributed by atoms with Crippen LogP contribution in [0.5, 0.6) is 0 Å². The van der Waals surface area contributed by atoms with Gasteiger partial charge < -0.3 is 9.72 Å². The largest absolute Gasteiger partial charge is 0.355 e. The first-order valence-electron chi connectivity index (χ1n) is 4.10. The maximum Gasteiger partial charge on any atom is 0.251 e. The molecule has 1 N–H and O–H groups in total. The third kappa shape index (κ3) is 1.28. The number of rotatable bonds is 1. The van der Waals surface area contributed by atoms with Crippen LogP contribution in [0, 0.1) is 0 Å². The van der Waals surface area contributed by atoms with E-state index in [0.717, 1.165) is 5.52 Å². The van der Waals surface area contributed by atoms with Crippen LogP contribution in [-0.2, 0) is 0 Å². The predicted molar refractivity (Wildman–Crippen MR) is 50.8 cm³/mol. The third-order valence-electron chi connectivity index (χ3n) is 2.02. The van der Waals surface area contributed by atoms with Gasteiger partial charge in [0, 0.05) is 30.5 Å². The highest BCUT2D eigenvalue weighted by atomic mass is 16.1. The Kier molecular flexibility index (Phi) is 1.77. The topological polar surface area (TPSA) is 33.5 Å². The average Bonchev–Trinajstić information content (AvgIpc) is 2.63. The van der Waals surface area contributed by atoms with Crippen LogP contribution in [0.4, 0.5) is 0 Å². The second-order valence-corrected chi connectivity index (χ2v) is 2.83. The van der Waals surface area contributed by atoms with Gasteiger partial charge in [-0.1, -0.05) is 0 Å². The second kappa shape index (κ2) is 2.94. The fourth-order valence-corrected chi connectivity index (χ4v) is 1.32. The summed E-state index contributed by atoms with van der Waals surface area (Å²) in [7, 11) is 1.63. The van der Waals surface area contributed by atoms with Crippen LogP contribution in [0.15, 0.2) is 36.7 Å². The van der Waals surface area contributed by atoms with Gasteiger partial charge in [0.2, 0.25) is 0 Å². The van der Waals surface area contributed by atoms with Gasteiger partial charge in [-0.15, -0.1) is 0 Å². The van der Waals surface area contributed by atoms with E-state index >= 15 is 0 Å². The van der Waals surface area contributed by atoms with Crippen molar-refractivity contribution in [3.63, 3.8) is 0 Å². The zero-order chi connectivity index (χ0) is 9.26. The zero-order valence-electron chi connectivity index (χ0n) is 7.32. The Bertz CT molecular complexity index is 445. The summed E-state index contributed by atoms with van der Waals surface area (Å²) in [5, 5.41) is 2.59. The summed E-state index contributed by atoms with van der Waals surface area (Å²) in [6.45, 7) is 0. The Balaban J connectivity index is 2.54. The fraction of sp³-hybridized carbons (Fsp3) is 0.100. The van der Waals surface area contributed by atoms with Crippen molar-refractivity contribution >= 4 is 11.4 Å². The predicted octanol–water partition coefficient (Wildman–Crippen LogP) is 1.30. The van der Waals surface area contributed by atoms with E-state index in [1.54, 1.807) is 13.1 Å². The highest BCUT2D eigenvalue weighted by molar-refractivity contribution is 5.94. The Hall–Kier alpha value is -1.77. The van der Waals surface area contributed by atoms with Gasteiger partial charge >= 0.3 is 0 Å². The summed E-state index contributed by atoms with van der Waals surface area (Å²) in [6.07, 6.45) is 3.82. The summed E-state index contributed by atoms with van der Waals surface area (Å²) >= 11 is 0. The van der Waals surface area contributed by atoms with Gasteiger partial charge in [-0.3, -0.25) is 4.79 Å². The van der Waals surface area contributed by atoms with E-state index in [2.05, 4.69) is 5.32 Å². The molecule has 0 saturated heterocycles. The van der Waals surface area contributed by atoms with E-state index in [4.69, 9.17) is 0 Å². The monoisotopic (exact) mass is 174 g/mol. The van der Waals surface area contributed by atoms with Crippen LogP contribution >= 0.6 is 0 Å². The number of nitrogens with one attached hydrogen (secondary N) is 1. The van der Waals surface area contributed by atoms with Gasteiger partial charge in [-0.25, -0.2) is 0 Å². The molecule has 0 spiro atoms. The van der Waals surface area contributed by atoms with Gasteiger partial charge in [0.25, 0.3) is 5.91 Å². The summed E-state index contributed by atoms with van der Waals surface area (Å²) in [6, 6.07) is 7.57. The molecule has 13 heavy (non-hydrogen) atoms. The molecule has 2 aromatic rings. The van der Waals surface area contributed by atoms with E-state index in [9.17, 15) is 4.79 Å². The number of amides is 1. The minimum Gasteiger partial charge on any atom is -0.355 e. The quantitative estimate of drug-likeness (QED) is 0.694. The number of nitrogens with zero attached hydrogens (tertiary/aromatic N) is 1. The Morgan fingerprint density at radius 2 is 2.23 bits per heavy atom. The van der Waals surface area contributed by atoms with Crippen LogP contribution in [0.25, 0.3) is 5.52 Å². The molecular formula is C10H10N2O. The Morgan fingerprint density at radius 1 is 1.38 bits per heavy atom. The number of fused-ring (bicyclic) bond motifs is 1. The lowest BCUT2D eigenvalue weighted by Crippen LogP contribution is -2.17. The van der Waals surface area contributed by atoms with Crippen molar-refractivity contribution in [2.45, 2.75) is 0 Å². The van der Waals surface area contributed by atoms with E-state index in [0.29, 0.717) is 5.56 Å². The van der Waals surface area contributed by atoms with Crippen molar-refractivity contribution in [1.82, 2.24) is 9.72 Å². The molecule has 0 atom stereocenters. The summed E-state index contributed by atoms with van der Waals surface area (Å²) in [5.74, 6) is -0.0521. The number of carbonyl (C=O) groups excluding carboxylic acids is 1. The molecular weight excluding hydrogens is 164 g/mol. The van der Waals surface area contributed by atoms with Crippen molar-refractivity contribution in [3.05, 3.63) is 42.2 Å². The second-order valence-electron chi connectivity index (χ2n) is 2.83. The molecule has 0 aromatic carbocycles. The fourth-order valence-electron chi connectivity index (χ4n) is 1.32. The molecule has 0 radical (unpaired) electrons. The van der Waals surface area contributed by atoms with Crippen molar-refractivity contribution in [2.24, 2.45) is 0 Å². The molecule has 0 aliphatic rings. The summed E-state index contributed by atoms with van der Waals surface area (Å²) in [5.41, 5.74) is 1.72. The lowest BCUT2D eigenvalue weighted by atomic mass is 10.2. The molecule has 3 heteroatoms. The lowest BCUT2D eigenvalue weighted by Gasteiger charge is -2.00. The Labute approximate surface area is 76.0 Å². The first-order valence-corrected chi connectivity index (χ1v) is 4.10. The minimum atomic E-state index is -0.0521. The maximum absolute atomic E-state index is 11.3. The molecule has 66 valence electrons. The molecule has 0 aliphatic heterocycles. The molecule has 2 rings (SSSR count). The zero-order valence-corrected chi connectivity index (χ0v) is 7.32. The van der Waals surface area contributed by atoms with Gasteiger partial charge in [-0.2, -0.15) is 0 Å². The molecule has 0 fully saturated rings. The van der Waals surface area contributed by atoms with Crippen LogP contribution in [0.1, 0.15) is 10.4 Å². The number of hydrogen-bond donors (Lipinski definition) is 1. The van der Waals surface area contributed by atoms with E-state index in [1.165, 1.54) is 0 Å². The van der Waals surface area contributed by atoms with Crippen LogP contribution in [-0.4, -0.2) is 17.4 Å². The molecule has 2 heterocycles. The smallest absolute Gasteiger partial charge is 0.251 e. The van der Waals surface area contributed by atoms with Crippen LogP contribution < -0.4 is 5.32 Å². The molecule has 0 unspecified atom stereocenters. The molecule has 0 aliphatic carbocycles. The Morgan fingerprint density at radius 3 is 3.00 bits per heavy atom. The van der Waals surface area contributed by atoms with Gasteiger partial charge in [-0.05, 0) is 24.3 Å².